The number of carbonyl (C=O) groups excluding carboxylic acids is 1. The Kier molecular flexibility index (Phi) is 5.61. The second-order valence-corrected chi connectivity index (χ2v) is 6.22. The van der Waals surface area contributed by atoms with E-state index >= 15 is 0 Å². The Morgan fingerprint density at radius 1 is 1.29 bits per heavy atom. The van der Waals surface area contributed by atoms with Crippen LogP contribution in [0.2, 0.25) is 0 Å². The fourth-order valence-corrected chi connectivity index (χ4v) is 3.07. The zero-order valence-electron chi connectivity index (χ0n) is 13.4. The van der Waals surface area contributed by atoms with E-state index < -0.39 is 22.8 Å². The van der Waals surface area contributed by atoms with Crippen LogP contribution in [0.15, 0.2) is 38.8 Å². The van der Waals surface area contributed by atoms with E-state index in [2.05, 4.69) is 0 Å². The van der Waals surface area contributed by atoms with Crippen molar-refractivity contribution in [3.63, 3.8) is 0 Å². The molecule has 0 saturated carbocycles. The first-order valence-corrected chi connectivity index (χ1v) is 8.36. The number of hydrogen-bond donors (Lipinski definition) is 1. The van der Waals surface area contributed by atoms with Crippen molar-refractivity contribution in [3.8, 4) is 0 Å². The molecule has 0 amide bonds. The van der Waals surface area contributed by atoms with E-state index in [1.807, 2.05) is 6.92 Å². The molecular weight excluding hydrogens is 333 g/mol. The lowest BCUT2D eigenvalue weighted by Gasteiger charge is -2.13. The Morgan fingerprint density at radius 3 is 2.58 bits per heavy atom. The maximum atomic E-state index is 13.6. The molecule has 128 valence electrons. The molecule has 0 fully saturated rings. The second-order valence-electron chi connectivity index (χ2n) is 5.20. The molecule has 0 aliphatic carbocycles. The molecule has 2 N–H and O–H groups in total. The third-order valence-electron chi connectivity index (χ3n) is 3.50. The predicted octanol–water partition coefficient (Wildman–Crippen LogP) is 1.65. The molecule has 0 saturated heterocycles. The van der Waals surface area contributed by atoms with E-state index in [0.29, 0.717) is 17.9 Å². The summed E-state index contributed by atoms with van der Waals surface area (Å²) < 4.78 is 15.7. The minimum Gasteiger partial charge on any atom is -0.384 e. The maximum absolute atomic E-state index is 13.6. The zero-order chi connectivity index (χ0) is 17.9. The van der Waals surface area contributed by atoms with Gasteiger partial charge < -0.3 is 5.73 Å². The Morgan fingerprint density at radius 2 is 1.96 bits per heavy atom. The molecule has 0 aliphatic rings. The summed E-state index contributed by atoms with van der Waals surface area (Å²) >= 11 is 0.981. The minimum absolute atomic E-state index is 0.135. The van der Waals surface area contributed by atoms with E-state index in [-0.39, 0.29) is 17.1 Å². The monoisotopic (exact) mass is 351 g/mol. The highest BCUT2D eigenvalue weighted by Crippen LogP contribution is 2.22. The van der Waals surface area contributed by atoms with Crippen molar-refractivity contribution in [2.75, 3.05) is 11.5 Å². The summed E-state index contributed by atoms with van der Waals surface area (Å²) in [4.78, 5) is 37.1. The first-order valence-electron chi connectivity index (χ1n) is 7.38. The normalized spacial score (nSPS) is 10.8. The van der Waals surface area contributed by atoms with Crippen LogP contribution in [0, 0.1) is 5.82 Å². The number of nitrogen functional groups attached to an aromatic ring is 1. The number of hydrogen-bond acceptors (Lipinski definition) is 5. The summed E-state index contributed by atoms with van der Waals surface area (Å²) in [5, 5.41) is 0. The number of Topliss-reactive ketones (excluding diaryl/α,β-unsaturated/α-hetero) is 1. The Labute approximate surface area is 142 Å². The highest BCUT2D eigenvalue weighted by molar-refractivity contribution is 8.00. The molecule has 2 rings (SSSR count). The van der Waals surface area contributed by atoms with Gasteiger partial charge in [0.1, 0.15) is 17.2 Å². The van der Waals surface area contributed by atoms with Crippen LogP contribution in [-0.4, -0.2) is 20.7 Å². The fourth-order valence-electron chi connectivity index (χ4n) is 2.26. The van der Waals surface area contributed by atoms with Gasteiger partial charge in [-0.1, -0.05) is 19.1 Å². The smallest absolute Gasteiger partial charge is 0.332 e. The van der Waals surface area contributed by atoms with Crippen LogP contribution in [0.5, 0.6) is 0 Å². The Bertz CT molecular complexity index is 889. The van der Waals surface area contributed by atoms with E-state index in [1.165, 1.54) is 17.7 Å². The van der Waals surface area contributed by atoms with Crippen molar-refractivity contribution in [2.24, 2.45) is 7.05 Å². The lowest BCUT2D eigenvalue weighted by atomic mass is 10.2. The van der Waals surface area contributed by atoms with Crippen molar-refractivity contribution in [2.45, 2.75) is 24.8 Å². The van der Waals surface area contributed by atoms with Gasteiger partial charge in [-0.2, -0.15) is 0 Å². The molecule has 2 aromatic rings. The van der Waals surface area contributed by atoms with Crippen LogP contribution in [0.1, 0.15) is 23.7 Å². The number of aromatic nitrogens is 2. The highest BCUT2D eigenvalue weighted by atomic mass is 32.2. The van der Waals surface area contributed by atoms with Gasteiger partial charge in [-0.15, -0.1) is 11.8 Å². The van der Waals surface area contributed by atoms with Crippen LogP contribution in [0.3, 0.4) is 0 Å². The number of halogens is 1. The fraction of sp³-hybridized carbons (Fsp3) is 0.312. The average Bonchev–Trinajstić information content (AvgIpc) is 2.56. The number of nitrogens with two attached hydrogens (primary N) is 1. The number of nitrogens with zero attached hydrogens (tertiary/aromatic N) is 2. The van der Waals surface area contributed by atoms with Crippen molar-refractivity contribution in [3.05, 3.63) is 56.5 Å². The predicted molar refractivity (Wildman–Crippen MR) is 92.1 cm³/mol. The number of carbonyl (C=O) groups is 1. The molecule has 0 unspecified atom stereocenters. The van der Waals surface area contributed by atoms with Gasteiger partial charge in [0.15, 0.2) is 5.78 Å². The lowest BCUT2D eigenvalue weighted by molar-refractivity contribution is 0.102. The number of ketones is 1. The van der Waals surface area contributed by atoms with Gasteiger partial charge in [-0.25, -0.2) is 9.18 Å². The molecule has 0 radical (unpaired) electrons. The summed E-state index contributed by atoms with van der Waals surface area (Å²) in [7, 11) is 1.30. The highest BCUT2D eigenvalue weighted by Gasteiger charge is 2.21. The maximum Gasteiger partial charge on any atom is 0.332 e. The molecule has 24 heavy (non-hydrogen) atoms. The van der Waals surface area contributed by atoms with Gasteiger partial charge in [-0.05, 0) is 18.6 Å². The molecular formula is C16H18FN3O3S. The molecule has 1 aromatic heterocycles. The molecule has 0 atom stereocenters. The number of thioether (sulfide) groups is 1. The molecule has 0 aliphatic heterocycles. The van der Waals surface area contributed by atoms with Gasteiger partial charge in [0.05, 0.1) is 5.75 Å². The first kappa shape index (κ1) is 18.0. The molecule has 0 bridgehead atoms. The lowest BCUT2D eigenvalue weighted by Crippen LogP contribution is -2.42. The van der Waals surface area contributed by atoms with Crippen molar-refractivity contribution in [1.82, 2.24) is 9.13 Å². The van der Waals surface area contributed by atoms with Crippen LogP contribution in [-0.2, 0) is 13.6 Å². The van der Waals surface area contributed by atoms with Crippen molar-refractivity contribution >= 4 is 23.4 Å². The second kappa shape index (κ2) is 7.48. The molecule has 6 nitrogen and oxygen atoms in total. The van der Waals surface area contributed by atoms with Gasteiger partial charge in [0.2, 0.25) is 0 Å². The Balaban J connectivity index is 2.37. The third kappa shape index (κ3) is 3.43. The molecule has 1 heterocycles. The van der Waals surface area contributed by atoms with Crippen LogP contribution in [0.4, 0.5) is 10.2 Å². The molecule has 1 aromatic carbocycles. The van der Waals surface area contributed by atoms with Gasteiger partial charge in [0.25, 0.3) is 5.56 Å². The summed E-state index contributed by atoms with van der Waals surface area (Å²) in [6.07, 6.45) is 0.625. The third-order valence-corrected chi connectivity index (χ3v) is 4.55. The van der Waals surface area contributed by atoms with Gasteiger partial charge in [-0.3, -0.25) is 18.7 Å². The van der Waals surface area contributed by atoms with E-state index in [0.717, 1.165) is 16.3 Å². The van der Waals surface area contributed by atoms with Crippen molar-refractivity contribution in [1.29, 1.82) is 0 Å². The number of benzene rings is 1. The molecule has 8 heteroatoms. The number of anilines is 1. The van der Waals surface area contributed by atoms with Crippen LogP contribution >= 0.6 is 11.8 Å². The SMILES string of the molecule is CCCn1c(N)c(C(=O)CSc2ccccc2F)c(=O)n(C)c1=O. The van der Waals surface area contributed by atoms with E-state index in [9.17, 15) is 18.8 Å². The average molecular weight is 351 g/mol. The van der Waals surface area contributed by atoms with Crippen molar-refractivity contribution < 1.29 is 9.18 Å². The topological polar surface area (TPSA) is 87.1 Å². The largest absolute Gasteiger partial charge is 0.384 e. The first-order chi connectivity index (χ1) is 11.4. The van der Waals surface area contributed by atoms with Crippen LogP contribution < -0.4 is 17.0 Å². The van der Waals surface area contributed by atoms with Crippen LogP contribution in [0.25, 0.3) is 0 Å². The zero-order valence-corrected chi connectivity index (χ0v) is 14.2. The minimum atomic E-state index is -0.732. The standard InChI is InChI=1S/C16H18FN3O3S/c1-3-8-20-14(18)13(15(22)19(2)16(20)23)11(21)9-24-12-7-5-4-6-10(12)17/h4-7H,3,8-9,18H2,1-2H3. The summed E-state index contributed by atoms with van der Waals surface area (Å²) in [6.45, 7) is 2.16. The summed E-state index contributed by atoms with van der Waals surface area (Å²) in [6, 6.07) is 6.05. The number of rotatable bonds is 6. The quantitative estimate of drug-likeness (QED) is 0.632. The Hall–Kier alpha value is -2.35. The molecule has 0 spiro atoms. The van der Waals surface area contributed by atoms with E-state index in [4.69, 9.17) is 5.73 Å². The van der Waals surface area contributed by atoms with E-state index in [1.54, 1.807) is 18.2 Å². The summed E-state index contributed by atoms with van der Waals surface area (Å²) in [5.74, 6) is -1.26. The van der Waals surface area contributed by atoms with Gasteiger partial charge >= 0.3 is 5.69 Å². The summed E-state index contributed by atoms with van der Waals surface area (Å²) in [5.41, 5.74) is 4.37. The van der Waals surface area contributed by atoms with Gasteiger partial charge in [0, 0.05) is 18.5 Å².